The van der Waals surface area contributed by atoms with Gasteiger partial charge in [0.1, 0.15) is 12.3 Å². The summed E-state index contributed by atoms with van der Waals surface area (Å²) >= 11 is 0. The zero-order chi connectivity index (χ0) is 36.3. The van der Waals surface area contributed by atoms with Crippen molar-refractivity contribution in [3.8, 4) is 6.01 Å². The Labute approximate surface area is 310 Å². The van der Waals surface area contributed by atoms with Crippen LogP contribution in [0, 0.1) is 0 Å². The Morgan fingerprint density at radius 3 is 1.92 bits per heavy atom. The first-order chi connectivity index (χ1) is 25.2. The minimum Gasteiger partial charge on any atom is -0.481 e. The van der Waals surface area contributed by atoms with Crippen LogP contribution >= 0.6 is 0 Å². The predicted octanol–water partition coefficient (Wildman–Crippen LogP) is 9.18. The van der Waals surface area contributed by atoms with E-state index in [1.807, 2.05) is 0 Å². The third-order valence-electron chi connectivity index (χ3n) is 9.23. The van der Waals surface area contributed by atoms with Crippen LogP contribution in [0.1, 0.15) is 155 Å². The normalized spacial score (nSPS) is 14.1. The fourth-order valence-corrected chi connectivity index (χ4v) is 6.15. The largest absolute Gasteiger partial charge is 0.481 e. The first-order valence-electron chi connectivity index (χ1n) is 20.6. The molecule has 2 heterocycles. The van der Waals surface area contributed by atoms with Crippen LogP contribution in [-0.2, 0) is 19.0 Å². The standard InChI is InChI=1S/C41H72N4O6/c1-2-3-4-5-6-7-8-9-10-11-12-13-14-17-20-23-32-49-36-39(51-41-42-26-24-27-43-41)37-50-35-34-48-33-31-45-30-29-44(38-45)28-22-19-16-15-18-21-25-40(46)47/h24,26-30,39H,2-23,25,31-38H2,1H3/p+1. The van der Waals surface area contributed by atoms with E-state index >= 15 is 0 Å². The summed E-state index contributed by atoms with van der Waals surface area (Å²) in [7, 11) is 0. The zero-order valence-corrected chi connectivity index (χ0v) is 32.2. The van der Waals surface area contributed by atoms with Gasteiger partial charge in [0.25, 0.3) is 0 Å². The number of hydrogen-bond acceptors (Lipinski definition) is 8. The number of hydrogen-bond donors (Lipinski definition) is 1. The highest BCUT2D eigenvalue weighted by Crippen LogP contribution is 2.14. The summed E-state index contributed by atoms with van der Waals surface area (Å²) in [5.74, 6) is -0.696. The number of rotatable bonds is 37. The molecule has 10 heteroatoms. The fraction of sp³-hybridized carbons (Fsp3) is 0.805. The Kier molecular flexibility index (Phi) is 29.1. The lowest BCUT2D eigenvalue weighted by molar-refractivity contribution is -0.460. The maximum atomic E-state index is 10.6. The summed E-state index contributed by atoms with van der Waals surface area (Å²) in [4.78, 5) is 21.2. The van der Waals surface area contributed by atoms with Crippen LogP contribution < -0.4 is 4.74 Å². The number of nitrogens with zero attached hydrogens (tertiary/aromatic N) is 4. The molecule has 1 aromatic heterocycles. The highest BCUT2D eigenvalue weighted by Gasteiger charge is 2.15. The van der Waals surface area contributed by atoms with Crippen molar-refractivity contribution in [3.05, 3.63) is 30.9 Å². The van der Waals surface area contributed by atoms with Crippen molar-refractivity contribution in [1.82, 2.24) is 14.9 Å². The van der Waals surface area contributed by atoms with Crippen molar-refractivity contribution in [2.45, 2.75) is 161 Å². The summed E-state index contributed by atoms with van der Waals surface area (Å²) in [6.45, 7) is 7.17. The highest BCUT2D eigenvalue weighted by molar-refractivity contribution is 5.66. The van der Waals surface area contributed by atoms with Gasteiger partial charge in [-0.25, -0.2) is 9.97 Å². The number of aromatic nitrogens is 2. The topological polar surface area (TPSA) is 106 Å². The first-order valence-corrected chi connectivity index (χ1v) is 20.6. The second-order valence-electron chi connectivity index (χ2n) is 14.0. The van der Waals surface area contributed by atoms with Gasteiger partial charge in [0.05, 0.1) is 39.2 Å². The first kappa shape index (κ1) is 44.6. The molecule has 10 nitrogen and oxygen atoms in total. The van der Waals surface area contributed by atoms with Gasteiger partial charge in [-0.3, -0.25) is 4.79 Å². The molecule has 1 atom stereocenters. The Balaban J connectivity index is 1.43. The van der Waals surface area contributed by atoms with Crippen LogP contribution in [0.15, 0.2) is 30.9 Å². The van der Waals surface area contributed by atoms with Gasteiger partial charge in [-0.2, -0.15) is 4.58 Å². The monoisotopic (exact) mass is 718 g/mol. The van der Waals surface area contributed by atoms with E-state index in [4.69, 9.17) is 24.1 Å². The van der Waals surface area contributed by atoms with E-state index in [1.165, 1.54) is 96.3 Å². The van der Waals surface area contributed by atoms with Crippen molar-refractivity contribution in [3.63, 3.8) is 0 Å². The van der Waals surface area contributed by atoms with Crippen molar-refractivity contribution in [1.29, 1.82) is 0 Å². The molecule has 0 aromatic carbocycles. The fourth-order valence-electron chi connectivity index (χ4n) is 6.15. The number of unbranched alkanes of at least 4 members (excludes halogenated alkanes) is 20. The molecule has 0 amide bonds. The molecular weight excluding hydrogens is 644 g/mol. The van der Waals surface area contributed by atoms with Gasteiger partial charge < -0.3 is 29.0 Å². The number of aliphatic carboxylic acids is 1. The highest BCUT2D eigenvalue weighted by atomic mass is 16.6. The molecule has 0 bridgehead atoms. The van der Waals surface area contributed by atoms with Crippen molar-refractivity contribution < 1.29 is 33.4 Å². The number of carboxylic acids is 1. The molecule has 1 aliphatic heterocycles. The quantitative estimate of drug-likeness (QED) is 0.0533. The lowest BCUT2D eigenvalue weighted by atomic mass is 10.0. The predicted molar refractivity (Wildman–Crippen MR) is 205 cm³/mol. The molecule has 0 fully saturated rings. The van der Waals surface area contributed by atoms with Crippen LogP contribution in [0.2, 0.25) is 0 Å². The van der Waals surface area contributed by atoms with Crippen LogP contribution in [0.25, 0.3) is 0 Å². The molecule has 1 aliphatic rings. The molecule has 1 unspecified atom stereocenters. The number of carboxylic acid groups (broad SMARTS) is 1. The lowest BCUT2D eigenvalue weighted by Gasteiger charge is -2.18. The van der Waals surface area contributed by atoms with Crippen LogP contribution in [0.3, 0.4) is 0 Å². The summed E-state index contributed by atoms with van der Waals surface area (Å²) < 4.78 is 25.9. The Bertz CT molecular complexity index is 996. The van der Waals surface area contributed by atoms with Crippen molar-refractivity contribution in [2.75, 3.05) is 52.9 Å². The minimum atomic E-state index is -0.696. The minimum absolute atomic E-state index is 0.276. The van der Waals surface area contributed by atoms with Gasteiger partial charge in [0.2, 0.25) is 6.67 Å². The SMILES string of the molecule is CCCCCCCCCCCCCCCCCCOCC(COCCOCCN1C=C[N+](=CCCCCCCCC(=O)O)C1)Oc1ncccn1. The molecule has 0 spiro atoms. The lowest BCUT2D eigenvalue weighted by Crippen LogP contribution is -2.30. The van der Waals surface area contributed by atoms with Gasteiger partial charge in [0.15, 0.2) is 6.20 Å². The number of ether oxygens (including phenoxy) is 4. The van der Waals surface area contributed by atoms with Gasteiger partial charge in [-0.05, 0) is 25.3 Å². The van der Waals surface area contributed by atoms with Crippen LogP contribution in [-0.4, -0.2) is 95.7 Å². The molecular formula is C41H73N4O6+. The summed E-state index contributed by atoms with van der Waals surface area (Å²) in [6.07, 6.45) is 37.8. The molecule has 0 saturated carbocycles. The summed E-state index contributed by atoms with van der Waals surface area (Å²) in [5, 5.41) is 8.71. The van der Waals surface area contributed by atoms with E-state index in [1.54, 1.807) is 18.5 Å². The third-order valence-corrected chi connectivity index (χ3v) is 9.23. The van der Waals surface area contributed by atoms with Crippen LogP contribution in [0.5, 0.6) is 6.01 Å². The average Bonchev–Trinajstić information content (AvgIpc) is 3.59. The summed E-state index contributed by atoms with van der Waals surface area (Å²) in [5.41, 5.74) is 0. The van der Waals surface area contributed by atoms with Crippen molar-refractivity contribution >= 4 is 12.2 Å². The molecule has 2 rings (SSSR count). The maximum Gasteiger partial charge on any atom is 0.316 e. The van der Waals surface area contributed by atoms with Gasteiger partial charge in [0, 0.05) is 38.4 Å². The van der Waals surface area contributed by atoms with Gasteiger partial charge in [-0.15, -0.1) is 0 Å². The van der Waals surface area contributed by atoms with Crippen LogP contribution in [0.4, 0.5) is 0 Å². The molecule has 0 saturated heterocycles. The summed E-state index contributed by atoms with van der Waals surface area (Å²) in [6, 6.07) is 2.11. The maximum absolute atomic E-state index is 10.6. The second kappa shape index (κ2) is 33.3. The molecule has 1 aromatic rings. The molecule has 0 radical (unpaired) electrons. The van der Waals surface area contributed by atoms with E-state index in [0.29, 0.717) is 39.0 Å². The van der Waals surface area contributed by atoms with Gasteiger partial charge >= 0.3 is 12.0 Å². The number of carbonyl (C=O) groups is 1. The van der Waals surface area contributed by atoms with E-state index in [9.17, 15) is 4.79 Å². The van der Waals surface area contributed by atoms with E-state index in [0.717, 1.165) is 64.8 Å². The van der Waals surface area contributed by atoms with Gasteiger partial charge in [-0.1, -0.05) is 122 Å². The Hall–Kier alpha value is -2.56. The zero-order valence-electron chi connectivity index (χ0n) is 32.2. The smallest absolute Gasteiger partial charge is 0.316 e. The average molecular weight is 718 g/mol. The molecule has 1 N–H and O–H groups in total. The molecule has 51 heavy (non-hydrogen) atoms. The van der Waals surface area contributed by atoms with Crippen molar-refractivity contribution in [2.24, 2.45) is 0 Å². The van der Waals surface area contributed by atoms with E-state index < -0.39 is 5.97 Å². The van der Waals surface area contributed by atoms with E-state index in [-0.39, 0.29) is 12.5 Å². The van der Waals surface area contributed by atoms with E-state index in [2.05, 4.69) is 45.0 Å². The Morgan fingerprint density at radius 2 is 1.29 bits per heavy atom. The molecule has 292 valence electrons. The third kappa shape index (κ3) is 27.7. The Morgan fingerprint density at radius 1 is 0.745 bits per heavy atom. The molecule has 0 aliphatic carbocycles. The second-order valence-corrected chi connectivity index (χ2v) is 14.0.